The molecule has 1 aliphatic rings. The monoisotopic (exact) mass is 263 g/mol. The third-order valence-corrected chi connectivity index (χ3v) is 11.0. The Kier molecular flexibility index (Phi) is 3.39. The summed E-state index contributed by atoms with van der Waals surface area (Å²) in [4.78, 5) is 0. The summed E-state index contributed by atoms with van der Waals surface area (Å²) >= 11 is -1.14. The minimum absolute atomic E-state index is 0.864. The third-order valence-electron chi connectivity index (χ3n) is 3.15. The van der Waals surface area contributed by atoms with E-state index in [0.717, 1.165) is 3.63 Å². The molecule has 1 aromatic rings. The van der Waals surface area contributed by atoms with Crippen LogP contribution in [0.1, 0.15) is 28.6 Å². The van der Waals surface area contributed by atoms with Gasteiger partial charge in [0.2, 0.25) is 0 Å². The summed E-state index contributed by atoms with van der Waals surface area (Å²) in [5.74, 6) is 0. The average Bonchev–Trinajstić information content (AvgIpc) is 2.65. The van der Waals surface area contributed by atoms with Gasteiger partial charge >= 0.3 is 95.0 Å². The van der Waals surface area contributed by atoms with Gasteiger partial charge in [0.1, 0.15) is 0 Å². The maximum absolute atomic E-state index is 2.46. The summed E-state index contributed by atoms with van der Waals surface area (Å²) in [6.45, 7) is 4.76. The van der Waals surface area contributed by atoms with Crippen LogP contribution in [0.15, 0.2) is 30.3 Å². The van der Waals surface area contributed by atoms with Crippen molar-refractivity contribution >= 4 is 6.08 Å². The summed E-state index contributed by atoms with van der Waals surface area (Å²) in [5, 5.41) is 0. The fraction of sp³-hybridized carbons (Fsp3) is 0.385. The van der Waals surface area contributed by atoms with E-state index >= 15 is 0 Å². The topological polar surface area (TPSA) is 0 Å². The quantitative estimate of drug-likeness (QED) is 0.765. The molecular weight excluding hydrogens is 247 g/mol. The van der Waals surface area contributed by atoms with Gasteiger partial charge in [0.25, 0.3) is 0 Å². The molecule has 2 rings (SSSR count). The summed E-state index contributed by atoms with van der Waals surface area (Å²) in [6, 6.07) is 8.90. The fourth-order valence-corrected chi connectivity index (χ4v) is 8.32. The number of hydrogen-bond donors (Lipinski definition) is 0. The maximum atomic E-state index is 2.46. The molecule has 1 aromatic carbocycles. The van der Waals surface area contributed by atoms with Gasteiger partial charge < -0.3 is 0 Å². The predicted octanol–water partition coefficient (Wildman–Crippen LogP) is 4.25. The Morgan fingerprint density at radius 3 is 2.57 bits per heavy atom. The Morgan fingerprint density at radius 1 is 1.14 bits per heavy atom. The molecule has 0 heterocycles. The Hall–Kier alpha value is -0.157. The van der Waals surface area contributed by atoms with Crippen LogP contribution in [0.25, 0.3) is 6.08 Å². The number of hydrogen-bond acceptors (Lipinski definition) is 0. The first kappa shape index (κ1) is 10.4. The van der Waals surface area contributed by atoms with Gasteiger partial charge in [-0.2, -0.15) is 0 Å². The first-order valence-electron chi connectivity index (χ1n) is 5.48. The van der Waals surface area contributed by atoms with E-state index in [4.69, 9.17) is 0 Å². The zero-order valence-corrected chi connectivity index (χ0v) is 11.4. The summed E-state index contributed by atoms with van der Waals surface area (Å²) in [6.07, 6.45) is 4.79. The van der Waals surface area contributed by atoms with E-state index in [1.54, 1.807) is 5.56 Å². The Balaban J connectivity index is 2.29. The van der Waals surface area contributed by atoms with Crippen molar-refractivity contribution < 1.29 is 21.8 Å². The van der Waals surface area contributed by atoms with E-state index in [9.17, 15) is 0 Å². The molecule has 0 amide bonds. The molecule has 14 heavy (non-hydrogen) atoms. The van der Waals surface area contributed by atoms with Crippen LogP contribution in [0.3, 0.4) is 0 Å². The molecule has 0 aliphatic heterocycles. The van der Waals surface area contributed by atoms with Crippen LogP contribution in [-0.4, -0.2) is 0 Å². The first-order valence-corrected chi connectivity index (χ1v) is 10.4. The van der Waals surface area contributed by atoms with E-state index in [-0.39, 0.29) is 0 Å². The SMILES string of the molecule is C[CH2][Zr]([CH2]C)[CH]1C=Cc2ccccc21. The van der Waals surface area contributed by atoms with Gasteiger partial charge in [-0.15, -0.1) is 0 Å². The van der Waals surface area contributed by atoms with Gasteiger partial charge in [0.05, 0.1) is 0 Å². The first-order chi connectivity index (χ1) is 6.86. The third kappa shape index (κ3) is 1.80. The van der Waals surface area contributed by atoms with E-state index in [0.29, 0.717) is 0 Å². The van der Waals surface area contributed by atoms with Crippen LogP contribution in [0.4, 0.5) is 0 Å². The van der Waals surface area contributed by atoms with Crippen LogP contribution < -0.4 is 0 Å². The van der Waals surface area contributed by atoms with Crippen molar-refractivity contribution in [1.29, 1.82) is 0 Å². The van der Waals surface area contributed by atoms with Crippen molar-refractivity contribution in [2.75, 3.05) is 0 Å². The summed E-state index contributed by atoms with van der Waals surface area (Å²) in [7, 11) is 0. The van der Waals surface area contributed by atoms with Crippen molar-refractivity contribution in [3.63, 3.8) is 0 Å². The van der Waals surface area contributed by atoms with Crippen LogP contribution in [0.2, 0.25) is 8.26 Å². The molecule has 0 radical (unpaired) electrons. The van der Waals surface area contributed by atoms with Gasteiger partial charge in [-0.1, -0.05) is 0 Å². The van der Waals surface area contributed by atoms with Crippen molar-refractivity contribution in [1.82, 2.24) is 0 Å². The van der Waals surface area contributed by atoms with Crippen LogP contribution >= 0.6 is 0 Å². The fourth-order valence-electron chi connectivity index (χ4n) is 2.30. The number of fused-ring (bicyclic) bond motifs is 1. The van der Waals surface area contributed by atoms with Crippen molar-refractivity contribution in [3.05, 3.63) is 41.5 Å². The molecule has 1 unspecified atom stereocenters. The number of rotatable bonds is 3. The Labute approximate surface area is 94.7 Å². The van der Waals surface area contributed by atoms with Gasteiger partial charge in [-0.25, -0.2) is 0 Å². The molecule has 0 nitrogen and oxygen atoms in total. The van der Waals surface area contributed by atoms with E-state index in [1.165, 1.54) is 13.8 Å². The Bertz CT molecular complexity index is 337. The summed E-state index contributed by atoms with van der Waals surface area (Å²) in [5.41, 5.74) is 3.09. The number of benzene rings is 1. The molecule has 0 N–H and O–H groups in total. The zero-order valence-electron chi connectivity index (χ0n) is 8.96. The van der Waals surface area contributed by atoms with E-state index in [2.05, 4.69) is 50.3 Å². The van der Waals surface area contributed by atoms with Gasteiger partial charge in [-0.3, -0.25) is 0 Å². The van der Waals surface area contributed by atoms with Gasteiger partial charge in [0.15, 0.2) is 0 Å². The van der Waals surface area contributed by atoms with Gasteiger partial charge in [0, 0.05) is 0 Å². The van der Waals surface area contributed by atoms with Crippen LogP contribution in [-0.2, 0) is 21.8 Å². The standard InChI is InChI=1S/C9H7.2C2H5.Zr/c1-2-5-9-7-3-6-8(9)4-1;2*1-2;/h1-7H;2*1H2,2H3;. The summed E-state index contributed by atoms with van der Waals surface area (Å²) < 4.78 is 3.81. The second-order valence-electron chi connectivity index (χ2n) is 3.83. The molecule has 73 valence electrons. The second kappa shape index (κ2) is 4.57. The average molecular weight is 265 g/mol. The zero-order chi connectivity index (χ0) is 9.97. The van der Waals surface area contributed by atoms with Crippen LogP contribution in [0, 0.1) is 0 Å². The van der Waals surface area contributed by atoms with Gasteiger partial charge in [-0.05, 0) is 0 Å². The normalized spacial score (nSPS) is 18.3. The van der Waals surface area contributed by atoms with Crippen molar-refractivity contribution in [2.24, 2.45) is 0 Å². The van der Waals surface area contributed by atoms with E-state index < -0.39 is 21.8 Å². The van der Waals surface area contributed by atoms with E-state index in [1.807, 2.05) is 0 Å². The minimum atomic E-state index is -1.14. The molecule has 1 atom stereocenters. The molecule has 0 aromatic heterocycles. The predicted molar refractivity (Wildman–Crippen MR) is 59.2 cm³/mol. The molecule has 0 fully saturated rings. The molecule has 0 saturated heterocycles. The van der Waals surface area contributed by atoms with Crippen molar-refractivity contribution in [3.8, 4) is 0 Å². The molecular formula is C13H17Zr. The second-order valence-corrected chi connectivity index (χ2v) is 12.1. The molecule has 1 aliphatic carbocycles. The number of allylic oxidation sites excluding steroid dienone is 1. The Morgan fingerprint density at radius 2 is 1.86 bits per heavy atom. The van der Waals surface area contributed by atoms with Crippen LogP contribution in [0.5, 0.6) is 0 Å². The molecule has 0 saturated carbocycles. The molecule has 1 heteroatoms. The molecule has 0 spiro atoms. The molecule has 0 bridgehead atoms. The van der Waals surface area contributed by atoms with Crippen molar-refractivity contribution in [2.45, 2.75) is 25.7 Å².